The van der Waals surface area contributed by atoms with Gasteiger partial charge in [0.05, 0.1) is 6.61 Å². The highest BCUT2D eigenvalue weighted by molar-refractivity contribution is 5.69. The lowest BCUT2D eigenvalue weighted by Gasteiger charge is -2.15. The fourth-order valence-electron chi connectivity index (χ4n) is 3.13. The maximum atomic E-state index is 11.7. The Morgan fingerprint density at radius 2 is 1.04 bits per heavy atom. The van der Waals surface area contributed by atoms with Crippen LogP contribution >= 0.6 is 0 Å². The van der Waals surface area contributed by atoms with E-state index in [-0.39, 0.29) is 5.97 Å². The van der Waals surface area contributed by atoms with E-state index in [0.29, 0.717) is 24.9 Å². The second-order valence-corrected chi connectivity index (χ2v) is 8.60. The molecular formula is C24H48O2. The van der Waals surface area contributed by atoms with Crippen molar-refractivity contribution in [2.75, 3.05) is 6.61 Å². The first-order valence-electron chi connectivity index (χ1n) is 11.7. The molecule has 0 aromatic carbocycles. The van der Waals surface area contributed by atoms with Gasteiger partial charge in [0.2, 0.25) is 0 Å². The molecule has 26 heavy (non-hydrogen) atoms. The fraction of sp³-hybridized carbons (Fsp3) is 0.958. The Hall–Kier alpha value is -0.530. The quantitative estimate of drug-likeness (QED) is 0.170. The smallest absolute Gasteiger partial charge is 0.305 e. The summed E-state index contributed by atoms with van der Waals surface area (Å²) in [4.78, 5) is 11.7. The molecule has 2 heteroatoms. The Morgan fingerprint density at radius 1 is 0.654 bits per heavy atom. The predicted molar refractivity (Wildman–Crippen MR) is 115 cm³/mol. The van der Waals surface area contributed by atoms with Crippen LogP contribution in [0.5, 0.6) is 0 Å². The van der Waals surface area contributed by atoms with Gasteiger partial charge in [0.1, 0.15) is 0 Å². The summed E-state index contributed by atoms with van der Waals surface area (Å²) in [6.45, 7) is 9.35. The lowest BCUT2D eigenvalue weighted by Crippen LogP contribution is -2.15. The lowest BCUT2D eigenvalue weighted by atomic mass is 9.99. The Kier molecular flexibility index (Phi) is 18.8. The van der Waals surface area contributed by atoms with Crippen molar-refractivity contribution in [3.63, 3.8) is 0 Å². The number of hydrogen-bond acceptors (Lipinski definition) is 2. The first kappa shape index (κ1) is 25.5. The van der Waals surface area contributed by atoms with E-state index in [0.717, 1.165) is 6.42 Å². The molecule has 0 N–H and O–H groups in total. The highest BCUT2D eigenvalue weighted by Gasteiger charge is 2.10. The van der Waals surface area contributed by atoms with Crippen LogP contribution in [0, 0.1) is 11.8 Å². The molecule has 0 heterocycles. The van der Waals surface area contributed by atoms with E-state index in [1.165, 1.54) is 89.9 Å². The molecule has 1 unspecified atom stereocenters. The van der Waals surface area contributed by atoms with Gasteiger partial charge in [-0.05, 0) is 18.3 Å². The van der Waals surface area contributed by atoms with Crippen LogP contribution < -0.4 is 0 Å². The molecule has 0 radical (unpaired) electrons. The molecule has 0 aromatic heterocycles. The second-order valence-electron chi connectivity index (χ2n) is 8.60. The van der Waals surface area contributed by atoms with Crippen LogP contribution in [0.4, 0.5) is 0 Å². The van der Waals surface area contributed by atoms with E-state index < -0.39 is 0 Å². The third kappa shape index (κ3) is 18.3. The number of ether oxygens (including phenoxy) is 1. The first-order chi connectivity index (χ1) is 12.6. The largest absolute Gasteiger partial charge is 0.465 e. The predicted octanol–water partition coefficient (Wildman–Crippen LogP) is 8.08. The molecule has 156 valence electrons. The lowest BCUT2D eigenvalue weighted by molar-refractivity contribution is -0.145. The van der Waals surface area contributed by atoms with Crippen molar-refractivity contribution in [2.24, 2.45) is 11.8 Å². The summed E-state index contributed by atoms with van der Waals surface area (Å²) < 4.78 is 5.35. The van der Waals surface area contributed by atoms with E-state index in [2.05, 4.69) is 27.7 Å². The van der Waals surface area contributed by atoms with Crippen LogP contribution in [0.25, 0.3) is 0 Å². The maximum absolute atomic E-state index is 11.7. The fourth-order valence-corrected chi connectivity index (χ4v) is 3.13. The van der Waals surface area contributed by atoms with E-state index in [9.17, 15) is 4.79 Å². The third-order valence-electron chi connectivity index (χ3n) is 5.63. The molecule has 0 aliphatic rings. The minimum atomic E-state index is -0.00723. The van der Waals surface area contributed by atoms with Crippen LogP contribution in [0.2, 0.25) is 0 Å². The van der Waals surface area contributed by atoms with E-state index in [1.54, 1.807) is 0 Å². The molecule has 0 amide bonds. The summed E-state index contributed by atoms with van der Waals surface area (Å²) in [5.74, 6) is 1.03. The van der Waals surface area contributed by atoms with E-state index >= 15 is 0 Å². The van der Waals surface area contributed by atoms with Gasteiger partial charge < -0.3 is 4.74 Å². The standard InChI is InChI=1S/C24H48O2/c1-5-6-7-8-9-10-11-12-13-14-15-16-17-18-19-20-24(25)26-21-23(4)22(2)3/h22-23H,5-21H2,1-4H3. The Bertz CT molecular complexity index is 299. The molecular weight excluding hydrogens is 320 g/mol. The van der Waals surface area contributed by atoms with Gasteiger partial charge in [-0.15, -0.1) is 0 Å². The van der Waals surface area contributed by atoms with Crippen molar-refractivity contribution in [3.8, 4) is 0 Å². The molecule has 2 nitrogen and oxygen atoms in total. The second kappa shape index (κ2) is 19.2. The van der Waals surface area contributed by atoms with Gasteiger partial charge in [-0.2, -0.15) is 0 Å². The summed E-state index contributed by atoms with van der Waals surface area (Å²) >= 11 is 0. The van der Waals surface area contributed by atoms with E-state index in [4.69, 9.17) is 4.74 Å². The normalized spacial score (nSPS) is 12.5. The van der Waals surface area contributed by atoms with E-state index in [1.807, 2.05) is 0 Å². The molecule has 0 aliphatic carbocycles. The Balaban J connectivity index is 3.18. The molecule has 0 bridgehead atoms. The van der Waals surface area contributed by atoms with Gasteiger partial charge in [0.15, 0.2) is 0 Å². The zero-order chi connectivity index (χ0) is 19.5. The highest BCUT2D eigenvalue weighted by atomic mass is 16.5. The summed E-state index contributed by atoms with van der Waals surface area (Å²) in [7, 11) is 0. The molecule has 0 aromatic rings. The van der Waals surface area contributed by atoms with Gasteiger partial charge in [0, 0.05) is 6.42 Å². The zero-order valence-electron chi connectivity index (χ0n) is 18.5. The maximum Gasteiger partial charge on any atom is 0.305 e. The zero-order valence-corrected chi connectivity index (χ0v) is 18.5. The summed E-state index contributed by atoms with van der Waals surface area (Å²) in [6.07, 6.45) is 20.9. The summed E-state index contributed by atoms with van der Waals surface area (Å²) in [5, 5.41) is 0. The number of unbranched alkanes of at least 4 members (excludes halogenated alkanes) is 14. The molecule has 0 fully saturated rings. The van der Waals surface area contributed by atoms with Crippen LogP contribution in [-0.4, -0.2) is 12.6 Å². The van der Waals surface area contributed by atoms with Crippen molar-refractivity contribution in [1.29, 1.82) is 0 Å². The van der Waals surface area contributed by atoms with Crippen LogP contribution in [0.3, 0.4) is 0 Å². The number of rotatable bonds is 19. The minimum Gasteiger partial charge on any atom is -0.465 e. The number of carbonyl (C=O) groups excluding carboxylic acids is 1. The van der Waals surface area contributed by atoms with Crippen LogP contribution in [0.15, 0.2) is 0 Å². The van der Waals surface area contributed by atoms with Crippen LogP contribution in [0.1, 0.15) is 130 Å². The Morgan fingerprint density at radius 3 is 1.42 bits per heavy atom. The van der Waals surface area contributed by atoms with Gasteiger partial charge in [-0.1, -0.05) is 118 Å². The SMILES string of the molecule is CCCCCCCCCCCCCCCCCC(=O)OCC(C)C(C)C. The van der Waals surface area contributed by atoms with Crippen molar-refractivity contribution in [3.05, 3.63) is 0 Å². The minimum absolute atomic E-state index is 0.00723. The monoisotopic (exact) mass is 368 g/mol. The number of esters is 1. The highest BCUT2D eigenvalue weighted by Crippen LogP contribution is 2.14. The van der Waals surface area contributed by atoms with Gasteiger partial charge in [-0.3, -0.25) is 4.79 Å². The first-order valence-corrected chi connectivity index (χ1v) is 11.7. The van der Waals surface area contributed by atoms with Crippen molar-refractivity contribution in [1.82, 2.24) is 0 Å². The van der Waals surface area contributed by atoms with Crippen molar-refractivity contribution < 1.29 is 9.53 Å². The van der Waals surface area contributed by atoms with Gasteiger partial charge in [0.25, 0.3) is 0 Å². The van der Waals surface area contributed by atoms with Crippen LogP contribution in [-0.2, 0) is 9.53 Å². The average Bonchev–Trinajstić information content (AvgIpc) is 2.62. The molecule has 0 rings (SSSR count). The number of hydrogen-bond donors (Lipinski definition) is 0. The molecule has 0 saturated carbocycles. The third-order valence-corrected chi connectivity index (χ3v) is 5.63. The average molecular weight is 369 g/mol. The number of carbonyl (C=O) groups is 1. The molecule has 1 atom stereocenters. The topological polar surface area (TPSA) is 26.3 Å². The summed E-state index contributed by atoms with van der Waals surface area (Å²) in [6, 6.07) is 0. The summed E-state index contributed by atoms with van der Waals surface area (Å²) in [5.41, 5.74) is 0. The molecule has 0 aliphatic heterocycles. The van der Waals surface area contributed by atoms with Crippen molar-refractivity contribution in [2.45, 2.75) is 130 Å². The Labute approximate surface area is 164 Å². The molecule has 0 spiro atoms. The molecule has 0 saturated heterocycles. The van der Waals surface area contributed by atoms with Gasteiger partial charge in [-0.25, -0.2) is 0 Å². The van der Waals surface area contributed by atoms with Crippen molar-refractivity contribution >= 4 is 5.97 Å². The van der Waals surface area contributed by atoms with Gasteiger partial charge >= 0.3 is 5.97 Å².